The van der Waals surface area contributed by atoms with E-state index in [0.717, 1.165) is 0 Å². The minimum atomic E-state index is 0.208. The van der Waals surface area contributed by atoms with E-state index in [1.165, 1.54) is 0 Å². The molecule has 0 spiro atoms. The molecule has 68 valence electrons. The quantitative estimate of drug-likeness (QED) is 0.585. The van der Waals surface area contributed by atoms with E-state index < -0.39 is 0 Å². The first-order valence-corrected chi connectivity index (χ1v) is 4.31. The first-order valence-electron chi connectivity index (χ1n) is 4.31. The second-order valence-corrected chi connectivity index (χ2v) is 3.10. The van der Waals surface area contributed by atoms with Crippen LogP contribution in [0.2, 0.25) is 0 Å². The van der Waals surface area contributed by atoms with E-state index in [1.54, 1.807) is 18.3 Å². The number of hydrogen-bond acceptors (Lipinski definition) is 3. The number of aromatic nitrogens is 1. The predicted molar refractivity (Wildman–Crippen MR) is 53.2 cm³/mol. The van der Waals surface area contributed by atoms with Gasteiger partial charge in [0.05, 0.1) is 5.39 Å². The van der Waals surface area contributed by atoms with E-state index >= 15 is 0 Å². The number of aromatic hydroxyl groups is 1. The maximum Gasteiger partial charge on any atom is 0.154 e. The van der Waals surface area contributed by atoms with Crippen LogP contribution in [0.5, 0.6) is 5.75 Å². The zero-order chi connectivity index (χ0) is 9.54. The van der Waals surface area contributed by atoms with Gasteiger partial charge in [-0.3, -0.25) is 4.98 Å². The summed E-state index contributed by atoms with van der Waals surface area (Å²) in [6, 6.07) is 8.84. The molecule has 3 aromatic rings. The number of fused-ring (bicyclic) bond motifs is 3. The summed E-state index contributed by atoms with van der Waals surface area (Å²) >= 11 is 0. The molecule has 0 aliphatic carbocycles. The van der Waals surface area contributed by atoms with E-state index in [2.05, 4.69) is 4.98 Å². The zero-order valence-corrected chi connectivity index (χ0v) is 7.27. The first kappa shape index (κ1) is 7.38. The van der Waals surface area contributed by atoms with E-state index in [4.69, 9.17) is 4.42 Å². The fourth-order valence-electron chi connectivity index (χ4n) is 1.62. The van der Waals surface area contributed by atoms with E-state index in [1.807, 2.05) is 18.2 Å². The van der Waals surface area contributed by atoms with E-state index in [0.29, 0.717) is 22.1 Å². The minimum absolute atomic E-state index is 0.208. The molecule has 0 unspecified atom stereocenters. The van der Waals surface area contributed by atoms with Crippen molar-refractivity contribution in [3.63, 3.8) is 0 Å². The Morgan fingerprint density at radius 1 is 1.07 bits per heavy atom. The summed E-state index contributed by atoms with van der Waals surface area (Å²) in [6.07, 6.45) is 1.68. The van der Waals surface area contributed by atoms with Crippen molar-refractivity contribution in [3.8, 4) is 5.75 Å². The van der Waals surface area contributed by atoms with Crippen LogP contribution in [-0.4, -0.2) is 10.1 Å². The molecular formula is C11H7NO2. The third kappa shape index (κ3) is 0.836. The van der Waals surface area contributed by atoms with Gasteiger partial charge in [0.1, 0.15) is 16.8 Å². The number of furan rings is 1. The van der Waals surface area contributed by atoms with Gasteiger partial charge in [0, 0.05) is 6.20 Å². The smallest absolute Gasteiger partial charge is 0.154 e. The number of benzene rings is 1. The standard InChI is InChI=1S/C11H7NO2/c13-7-3-1-4-8-10(7)11-9(14-8)5-2-6-12-11/h1-6,13H. The van der Waals surface area contributed by atoms with Gasteiger partial charge in [-0.15, -0.1) is 0 Å². The van der Waals surface area contributed by atoms with Crippen LogP contribution in [-0.2, 0) is 0 Å². The molecule has 0 atom stereocenters. The maximum atomic E-state index is 9.66. The summed E-state index contributed by atoms with van der Waals surface area (Å²) in [5, 5.41) is 10.3. The van der Waals surface area contributed by atoms with Gasteiger partial charge in [-0.1, -0.05) is 6.07 Å². The van der Waals surface area contributed by atoms with Crippen LogP contribution in [0.4, 0.5) is 0 Å². The molecular weight excluding hydrogens is 178 g/mol. The molecule has 1 aromatic carbocycles. The first-order chi connectivity index (χ1) is 6.86. The molecule has 0 amide bonds. The second kappa shape index (κ2) is 2.48. The molecule has 3 heteroatoms. The Kier molecular flexibility index (Phi) is 1.31. The Bertz CT molecular complexity index is 613. The van der Waals surface area contributed by atoms with Crippen molar-refractivity contribution in [2.75, 3.05) is 0 Å². The third-order valence-corrected chi connectivity index (χ3v) is 2.23. The summed E-state index contributed by atoms with van der Waals surface area (Å²) < 4.78 is 5.51. The van der Waals surface area contributed by atoms with Gasteiger partial charge in [-0.05, 0) is 24.3 Å². The van der Waals surface area contributed by atoms with Crippen LogP contribution in [0.15, 0.2) is 40.9 Å². The van der Waals surface area contributed by atoms with Crippen LogP contribution in [0.25, 0.3) is 22.1 Å². The highest BCUT2D eigenvalue weighted by Crippen LogP contribution is 2.32. The molecule has 3 rings (SSSR count). The molecule has 3 nitrogen and oxygen atoms in total. The van der Waals surface area contributed by atoms with Crippen LogP contribution in [0, 0.1) is 0 Å². The van der Waals surface area contributed by atoms with Crippen molar-refractivity contribution < 1.29 is 9.52 Å². The lowest BCUT2D eigenvalue weighted by Crippen LogP contribution is -1.72. The van der Waals surface area contributed by atoms with E-state index in [9.17, 15) is 5.11 Å². The van der Waals surface area contributed by atoms with Gasteiger partial charge in [-0.25, -0.2) is 0 Å². The van der Waals surface area contributed by atoms with Gasteiger partial charge in [0.15, 0.2) is 5.58 Å². The molecule has 1 N–H and O–H groups in total. The molecule has 14 heavy (non-hydrogen) atoms. The molecule has 2 heterocycles. The van der Waals surface area contributed by atoms with E-state index in [-0.39, 0.29) is 5.75 Å². The van der Waals surface area contributed by atoms with Crippen LogP contribution < -0.4 is 0 Å². The van der Waals surface area contributed by atoms with Gasteiger partial charge < -0.3 is 9.52 Å². The number of rotatable bonds is 0. The van der Waals surface area contributed by atoms with Gasteiger partial charge in [0.25, 0.3) is 0 Å². The minimum Gasteiger partial charge on any atom is -0.507 e. The SMILES string of the molecule is Oc1cccc2oc3cccnc3c12. The summed E-state index contributed by atoms with van der Waals surface area (Å²) in [7, 11) is 0. The normalized spacial score (nSPS) is 11.1. The van der Waals surface area contributed by atoms with Crippen molar-refractivity contribution in [3.05, 3.63) is 36.5 Å². The van der Waals surface area contributed by atoms with Crippen molar-refractivity contribution in [1.29, 1.82) is 0 Å². The molecule has 2 aromatic heterocycles. The summed E-state index contributed by atoms with van der Waals surface area (Å²) in [4.78, 5) is 4.18. The van der Waals surface area contributed by atoms with Crippen LogP contribution in [0.3, 0.4) is 0 Å². The van der Waals surface area contributed by atoms with Gasteiger partial charge in [-0.2, -0.15) is 0 Å². The number of phenols is 1. The third-order valence-electron chi connectivity index (χ3n) is 2.23. The molecule has 0 radical (unpaired) electrons. The lowest BCUT2D eigenvalue weighted by atomic mass is 10.2. The highest BCUT2D eigenvalue weighted by Gasteiger charge is 2.09. The van der Waals surface area contributed by atoms with Crippen molar-refractivity contribution in [2.45, 2.75) is 0 Å². The predicted octanol–water partition coefficient (Wildman–Crippen LogP) is 2.69. The average molecular weight is 185 g/mol. The van der Waals surface area contributed by atoms with Crippen LogP contribution in [0.1, 0.15) is 0 Å². The monoisotopic (exact) mass is 185 g/mol. The maximum absolute atomic E-state index is 9.66. The van der Waals surface area contributed by atoms with Gasteiger partial charge in [0.2, 0.25) is 0 Å². The van der Waals surface area contributed by atoms with Crippen molar-refractivity contribution >= 4 is 22.1 Å². The topological polar surface area (TPSA) is 46.3 Å². The molecule has 0 aliphatic rings. The Hall–Kier alpha value is -2.03. The second-order valence-electron chi connectivity index (χ2n) is 3.10. The number of nitrogens with zero attached hydrogens (tertiary/aromatic N) is 1. The van der Waals surface area contributed by atoms with Gasteiger partial charge >= 0.3 is 0 Å². The molecule has 0 saturated heterocycles. The molecule has 0 saturated carbocycles. The number of pyridine rings is 1. The van der Waals surface area contributed by atoms with Crippen molar-refractivity contribution in [1.82, 2.24) is 4.98 Å². The fraction of sp³-hybridized carbons (Fsp3) is 0. The largest absolute Gasteiger partial charge is 0.507 e. The summed E-state index contributed by atoms with van der Waals surface area (Å²) in [5.74, 6) is 0.208. The number of phenolic OH excluding ortho intramolecular Hbond substituents is 1. The summed E-state index contributed by atoms with van der Waals surface area (Å²) in [6.45, 7) is 0. The number of hydrogen-bond donors (Lipinski definition) is 1. The molecule has 0 bridgehead atoms. The highest BCUT2D eigenvalue weighted by molar-refractivity contribution is 6.05. The lowest BCUT2D eigenvalue weighted by molar-refractivity contribution is 0.481. The Morgan fingerprint density at radius 2 is 1.93 bits per heavy atom. The summed E-state index contributed by atoms with van der Waals surface area (Å²) in [5.41, 5.74) is 2.07. The lowest BCUT2D eigenvalue weighted by Gasteiger charge is -1.91. The average Bonchev–Trinajstić information content (AvgIpc) is 2.57. The molecule has 0 fully saturated rings. The Morgan fingerprint density at radius 3 is 2.86 bits per heavy atom. The van der Waals surface area contributed by atoms with Crippen molar-refractivity contribution in [2.24, 2.45) is 0 Å². The molecule has 0 aliphatic heterocycles. The fourth-order valence-corrected chi connectivity index (χ4v) is 1.62. The highest BCUT2D eigenvalue weighted by atomic mass is 16.3. The zero-order valence-electron chi connectivity index (χ0n) is 7.27. The Balaban J connectivity index is 2.65. The Labute approximate surface area is 79.6 Å². The van der Waals surface area contributed by atoms with Crippen LogP contribution >= 0.6 is 0 Å².